The number of fused-ring (bicyclic) bond motifs is 1. The Bertz CT molecular complexity index is 1230. The smallest absolute Gasteiger partial charge is 0.325 e. The second kappa shape index (κ2) is 7.37. The first kappa shape index (κ1) is 20.6. The molecule has 0 unspecified atom stereocenters. The second-order valence-corrected chi connectivity index (χ2v) is 7.85. The number of hydrogen-bond donors (Lipinski definition) is 4. The third-order valence-corrected chi connectivity index (χ3v) is 5.59. The van der Waals surface area contributed by atoms with Crippen LogP contribution in [-0.4, -0.2) is 30.3 Å². The van der Waals surface area contributed by atoms with Crippen LogP contribution in [0.15, 0.2) is 52.2 Å². The number of rotatable bonds is 5. The highest BCUT2D eigenvalue weighted by molar-refractivity contribution is 7.89. The predicted octanol–water partition coefficient (Wildman–Crippen LogP) is 2.18. The number of H-pyrrole nitrogens is 2. The summed E-state index contributed by atoms with van der Waals surface area (Å²) in [6, 6.07) is 6.76. The van der Waals surface area contributed by atoms with E-state index in [9.17, 15) is 31.2 Å². The van der Waals surface area contributed by atoms with E-state index in [1.807, 2.05) is 4.72 Å². The van der Waals surface area contributed by atoms with E-state index in [0.29, 0.717) is 17.1 Å². The van der Waals surface area contributed by atoms with E-state index in [1.165, 1.54) is 25.1 Å². The average Bonchev–Trinajstić information content (AvgIpc) is 3.00. The number of halogens is 3. The van der Waals surface area contributed by atoms with E-state index in [1.54, 1.807) is 0 Å². The van der Waals surface area contributed by atoms with Crippen LogP contribution in [0, 0.1) is 0 Å². The number of sulfonamides is 1. The number of carbonyl (C=O) groups excluding carboxylic acids is 1. The summed E-state index contributed by atoms with van der Waals surface area (Å²) in [5.41, 5.74) is -0.583. The van der Waals surface area contributed by atoms with Gasteiger partial charge in [0.1, 0.15) is 0 Å². The van der Waals surface area contributed by atoms with Gasteiger partial charge in [0.2, 0.25) is 15.9 Å². The monoisotopic (exact) mass is 428 g/mol. The lowest BCUT2D eigenvalue weighted by atomic mass is 10.2. The number of aromatic nitrogens is 2. The van der Waals surface area contributed by atoms with Gasteiger partial charge in [-0.25, -0.2) is 13.2 Å². The number of aromatic amines is 2. The lowest BCUT2D eigenvalue weighted by molar-refractivity contribution is -0.139. The van der Waals surface area contributed by atoms with Crippen molar-refractivity contribution in [3.8, 4) is 0 Å². The number of carbonyl (C=O) groups is 1. The molecule has 0 fully saturated rings. The number of nitrogens with one attached hydrogen (secondary N) is 4. The largest absolute Gasteiger partial charge is 0.417 e. The molecule has 0 bridgehead atoms. The quantitative estimate of drug-likeness (QED) is 0.497. The Hall–Kier alpha value is -3.12. The van der Waals surface area contributed by atoms with Crippen LogP contribution in [0.1, 0.15) is 12.5 Å². The summed E-state index contributed by atoms with van der Waals surface area (Å²) in [6.07, 6.45) is -4.88. The zero-order valence-electron chi connectivity index (χ0n) is 14.8. The Morgan fingerprint density at radius 1 is 1.07 bits per heavy atom. The summed E-state index contributed by atoms with van der Waals surface area (Å²) in [5.74, 6) is -0.796. The van der Waals surface area contributed by atoms with Crippen LogP contribution in [0.2, 0.25) is 0 Å². The molecular formula is C17H15F3N4O4S. The molecular weight excluding hydrogens is 413 g/mol. The molecule has 2 aromatic carbocycles. The molecule has 0 saturated carbocycles. The summed E-state index contributed by atoms with van der Waals surface area (Å²) in [4.78, 5) is 27.6. The van der Waals surface area contributed by atoms with E-state index in [4.69, 9.17) is 0 Å². The molecule has 154 valence electrons. The van der Waals surface area contributed by atoms with Crippen molar-refractivity contribution in [2.75, 3.05) is 5.32 Å². The van der Waals surface area contributed by atoms with Crippen LogP contribution in [0.3, 0.4) is 0 Å². The van der Waals surface area contributed by atoms with Crippen LogP contribution in [-0.2, 0) is 21.0 Å². The van der Waals surface area contributed by atoms with Gasteiger partial charge in [-0.3, -0.25) is 4.79 Å². The molecule has 0 spiro atoms. The number of alkyl halides is 3. The van der Waals surface area contributed by atoms with Crippen molar-refractivity contribution in [1.29, 1.82) is 0 Å². The molecule has 0 aliphatic carbocycles. The summed E-state index contributed by atoms with van der Waals surface area (Å²) in [6.45, 7) is 1.19. The van der Waals surface area contributed by atoms with Gasteiger partial charge in [-0.15, -0.1) is 0 Å². The molecule has 0 aliphatic rings. The number of benzene rings is 2. The first-order valence-electron chi connectivity index (χ1n) is 8.19. The summed E-state index contributed by atoms with van der Waals surface area (Å²) < 4.78 is 66.0. The molecule has 1 atom stereocenters. The molecule has 0 aliphatic heterocycles. The van der Waals surface area contributed by atoms with Gasteiger partial charge in [0.05, 0.1) is 27.5 Å². The second-order valence-electron chi connectivity index (χ2n) is 6.17. The first-order valence-corrected chi connectivity index (χ1v) is 9.67. The van der Waals surface area contributed by atoms with E-state index in [0.717, 1.165) is 18.2 Å². The Kier molecular flexibility index (Phi) is 5.24. The molecule has 3 rings (SSSR count). The molecule has 0 radical (unpaired) electrons. The number of imidazole rings is 1. The van der Waals surface area contributed by atoms with Gasteiger partial charge < -0.3 is 15.3 Å². The summed E-state index contributed by atoms with van der Waals surface area (Å²) >= 11 is 0. The molecule has 3 aromatic rings. The van der Waals surface area contributed by atoms with Crippen molar-refractivity contribution in [2.24, 2.45) is 0 Å². The zero-order chi connectivity index (χ0) is 21.4. The fraction of sp³-hybridized carbons (Fsp3) is 0.176. The highest BCUT2D eigenvalue weighted by atomic mass is 32.2. The van der Waals surface area contributed by atoms with Crippen LogP contribution >= 0.6 is 0 Å². The highest BCUT2D eigenvalue weighted by Gasteiger charge is 2.37. The van der Waals surface area contributed by atoms with E-state index in [-0.39, 0.29) is 5.69 Å². The Morgan fingerprint density at radius 3 is 2.41 bits per heavy atom. The van der Waals surface area contributed by atoms with Gasteiger partial charge in [0.15, 0.2) is 0 Å². The van der Waals surface area contributed by atoms with Crippen molar-refractivity contribution in [1.82, 2.24) is 14.7 Å². The van der Waals surface area contributed by atoms with Gasteiger partial charge in [-0.05, 0) is 37.3 Å². The van der Waals surface area contributed by atoms with Crippen LogP contribution < -0.4 is 15.7 Å². The fourth-order valence-corrected chi connectivity index (χ4v) is 4.08. The van der Waals surface area contributed by atoms with Crippen molar-refractivity contribution in [2.45, 2.75) is 24.0 Å². The average molecular weight is 428 g/mol. The van der Waals surface area contributed by atoms with Crippen molar-refractivity contribution < 1.29 is 26.4 Å². The van der Waals surface area contributed by atoms with Crippen molar-refractivity contribution >= 4 is 32.7 Å². The third kappa shape index (κ3) is 4.49. The van der Waals surface area contributed by atoms with Crippen LogP contribution in [0.5, 0.6) is 0 Å². The molecule has 29 heavy (non-hydrogen) atoms. The normalized spacial score (nSPS) is 13.4. The predicted molar refractivity (Wildman–Crippen MR) is 98.8 cm³/mol. The number of anilines is 1. The molecule has 1 heterocycles. The fourth-order valence-electron chi connectivity index (χ4n) is 2.65. The van der Waals surface area contributed by atoms with Crippen molar-refractivity contribution in [3.63, 3.8) is 0 Å². The third-order valence-electron chi connectivity index (χ3n) is 3.99. The minimum Gasteiger partial charge on any atom is -0.325 e. The Morgan fingerprint density at radius 2 is 1.72 bits per heavy atom. The highest BCUT2D eigenvalue weighted by Crippen LogP contribution is 2.33. The van der Waals surface area contributed by atoms with Crippen LogP contribution in [0.4, 0.5) is 18.9 Å². The van der Waals surface area contributed by atoms with Crippen LogP contribution in [0.25, 0.3) is 11.0 Å². The van der Waals surface area contributed by atoms with Gasteiger partial charge in [-0.1, -0.05) is 12.1 Å². The lowest BCUT2D eigenvalue weighted by Crippen LogP contribution is -2.42. The minimum absolute atomic E-state index is 0.263. The molecule has 0 saturated heterocycles. The topological polar surface area (TPSA) is 124 Å². The molecule has 8 nitrogen and oxygen atoms in total. The maximum Gasteiger partial charge on any atom is 0.417 e. The molecule has 1 aromatic heterocycles. The molecule has 1 amide bonds. The molecule has 12 heteroatoms. The maximum atomic E-state index is 13.1. The SMILES string of the molecule is C[C@H](NS(=O)(=O)c1ccccc1C(F)(F)F)C(=O)Nc1ccc2[nH]c(=O)[nH]c2c1. The molecule has 4 N–H and O–H groups in total. The van der Waals surface area contributed by atoms with Gasteiger partial charge in [0, 0.05) is 5.69 Å². The van der Waals surface area contributed by atoms with Crippen molar-refractivity contribution in [3.05, 3.63) is 58.5 Å². The lowest BCUT2D eigenvalue weighted by Gasteiger charge is -2.17. The zero-order valence-corrected chi connectivity index (χ0v) is 15.6. The Labute approximate surface area is 162 Å². The summed E-state index contributed by atoms with van der Waals surface area (Å²) in [5, 5.41) is 2.44. The maximum absolute atomic E-state index is 13.1. The van der Waals surface area contributed by atoms with E-state index in [2.05, 4.69) is 15.3 Å². The van der Waals surface area contributed by atoms with Gasteiger partial charge >= 0.3 is 11.9 Å². The standard InChI is InChI=1S/C17H15F3N4O4S/c1-9(15(25)21-10-6-7-12-13(8-10)23-16(26)22-12)24-29(27,28)14-5-3-2-4-11(14)17(18,19)20/h2-9,24H,1H3,(H,21,25)(H2,22,23,26)/t9-/m0/s1. The number of amides is 1. The summed E-state index contributed by atoms with van der Waals surface area (Å²) in [7, 11) is -4.63. The first-order chi connectivity index (χ1) is 13.5. The van der Waals surface area contributed by atoms with E-state index < -0.39 is 44.3 Å². The van der Waals surface area contributed by atoms with E-state index >= 15 is 0 Å². The number of hydrogen-bond acceptors (Lipinski definition) is 4. The van der Waals surface area contributed by atoms with Gasteiger partial charge in [-0.2, -0.15) is 17.9 Å². The van der Waals surface area contributed by atoms with Gasteiger partial charge in [0.25, 0.3) is 0 Å². The Balaban J connectivity index is 1.79. The minimum atomic E-state index is -4.88.